The van der Waals surface area contributed by atoms with Crippen molar-refractivity contribution in [2.45, 2.75) is 13.8 Å². The molecule has 0 aliphatic heterocycles. The van der Waals surface area contributed by atoms with Crippen LogP contribution in [0.4, 0.5) is 0 Å². The van der Waals surface area contributed by atoms with Gasteiger partial charge in [-0.2, -0.15) is 0 Å². The van der Waals surface area contributed by atoms with Crippen LogP contribution in [0.1, 0.15) is 19.4 Å². The zero-order valence-electron chi connectivity index (χ0n) is 21.2. The van der Waals surface area contributed by atoms with Gasteiger partial charge in [0.1, 0.15) is 17.2 Å². The van der Waals surface area contributed by atoms with Gasteiger partial charge in [-0.1, -0.05) is 32.4 Å². The monoisotopic (exact) mass is 532 g/mol. The molecule has 2 aromatic rings. The number of carbonyl (C=O) groups is 5. The molecule has 0 heterocycles. The molecule has 0 unspecified atom stereocenters. The Bertz CT molecular complexity index is 1370. The van der Waals surface area contributed by atoms with Crippen molar-refractivity contribution in [1.82, 2.24) is 0 Å². The lowest BCUT2D eigenvalue weighted by atomic mass is 10.0. The molecule has 0 radical (unpaired) electrons. The fourth-order valence-electron chi connectivity index (χ4n) is 2.80. The van der Waals surface area contributed by atoms with Crippen LogP contribution in [0.2, 0.25) is 0 Å². The number of carbonyl (C=O) groups excluding carboxylic acids is 5. The molecule has 0 aliphatic rings. The highest BCUT2D eigenvalue weighted by Gasteiger charge is 2.18. The summed E-state index contributed by atoms with van der Waals surface area (Å²) in [5.74, 6) is -4.35. The van der Waals surface area contributed by atoms with Crippen LogP contribution >= 0.6 is 0 Å². The number of benzene rings is 2. The largest absolute Gasteiger partial charge is 0.423 e. The lowest BCUT2D eigenvalue weighted by Gasteiger charge is -2.13. The summed E-state index contributed by atoms with van der Waals surface area (Å²) in [7, 11) is 0. The average Bonchev–Trinajstić information content (AvgIpc) is 2.92. The third-order valence-electron chi connectivity index (χ3n) is 4.83. The molecular weight excluding hydrogens is 508 g/mol. The van der Waals surface area contributed by atoms with E-state index in [4.69, 9.17) is 23.7 Å². The molecular formula is C29H24O10. The van der Waals surface area contributed by atoms with Crippen LogP contribution in [0.5, 0.6) is 28.7 Å². The third kappa shape index (κ3) is 8.53. The summed E-state index contributed by atoms with van der Waals surface area (Å²) < 4.78 is 25.8. The highest BCUT2D eigenvalue weighted by Crippen LogP contribution is 2.33. The second-order valence-corrected chi connectivity index (χ2v) is 7.44. The summed E-state index contributed by atoms with van der Waals surface area (Å²) >= 11 is 0. The third-order valence-corrected chi connectivity index (χ3v) is 4.83. The summed E-state index contributed by atoms with van der Waals surface area (Å²) in [4.78, 5) is 59.6. The molecule has 0 aliphatic carbocycles. The molecule has 10 nitrogen and oxygen atoms in total. The molecule has 0 bridgehead atoms. The Morgan fingerprint density at radius 2 is 0.974 bits per heavy atom. The predicted octanol–water partition coefficient (Wildman–Crippen LogP) is 4.45. The molecule has 0 amide bonds. The molecule has 2 aromatic carbocycles. The Kier molecular flexibility index (Phi) is 10.4. The Morgan fingerprint density at radius 1 is 0.564 bits per heavy atom. The van der Waals surface area contributed by atoms with Crippen LogP contribution < -0.4 is 23.7 Å². The van der Waals surface area contributed by atoms with Gasteiger partial charge in [0, 0.05) is 48.1 Å². The molecule has 0 atom stereocenters. The molecule has 0 N–H and O–H groups in total. The molecule has 0 fully saturated rings. The van der Waals surface area contributed by atoms with Gasteiger partial charge in [0.2, 0.25) is 0 Å². The van der Waals surface area contributed by atoms with E-state index in [1.165, 1.54) is 43.3 Å². The maximum atomic E-state index is 13.0. The number of hydrogen-bond acceptors (Lipinski definition) is 10. The van der Waals surface area contributed by atoms with Gasteiger partial charge in [0.15, 0.2) is 11.5 Å². The van der Waals surface area contributed by atoms with Gasteiger partial charge in [-0.05, 0) is 37.1 Å². The first-order valence-corrected chi connectivity index (χ1v) is 11.1. The van der Waals surface area contributed by atoms with Crippen molar-refractivity contribution in [2.75, 3.05) is 0 Å². The minimum Gasteiger partial charge on any atom is -0.423 e. The van der Waals surface area contributed by atoms with Crippen LogP contribution in [0.3, 0.4) is 0 Å². The molecule has 0 saturated heterocycles. The van der Waals surface area contributed by atoms with Crippen molar-refractivity contribution in [3.63, 3.8) is 0 Å². The quantitative estimate of drug-likeness (QED) is 0.232. The van der Waals surface area contributed by atoms with Gasteiger partial charge in [-0.25, -0.2) is 24.0 Å². The highest BCUT2D eigenvalue weighted by atomic mass is 16.6. The Hall–Kier alpha value is -5.51. The molecule has 39 heavy (non-hydrogen) atoms. The number of allylic oxidation sites excluding steroid dienone is 1. The van der Waals surface area contributed by atoms with Crippen LogP contribution in [0, 0.1) is 0 Å². The number of ether oxygens (including phenoxy) is 5. The second-order valence-electron chi connectivity index (χ2n) is 7.44. The molecule has 10 heteroatoms. The van der Waals surface area contributed by atoms with Gasteiger partial charge in [-0.3, -0.25) is 0 Å². The van der Waals surface area contributed by atoms with Gasteiger partial charge < -0.3 is 23.7 Å². The van der Waals surface area contributed by atoms with Gasteiger partial charge in [0.25, 0.3) is 0 Å². The number of hydrogen-bond donors (Lipinski definition) is 0. The lowest BCUT2D eigenvalue weighted by molar-refractivity contribution is -0.131. The maximum absolute atomic E-state index is 13.0. The number of esters is 5. The van der Waals surface area contributed by atoms with E-state index in [9.17, 15) is 24.0 Å². The summed E-state index contributed by atoms with van der Waals surface area (Å²) in [5.41, 5.74) is 0.999. The molecule has 0 saturated carbocycles. The summed E-state index contributed by atoms with van der Waals surface area (Å²) in [6, 6.07) is 8.02. The Balaban J connectivity index is 2.43. The second kappa shape index (κ2) is 13.7. The fourth-order valence-corrected chi connectivity index (χ4v) is 2.80. The SMILES string of the molecule is C=CC(=O)Oc1cc(OC(=O)C=C)cc(OC(=O)/C(C)=C(\C)c2ccc(OC(=O)C=C)c(OC(=O)C=C)c2)c1. The van der Waals surface area contributed by atoms with E-state index in [-0.39, 0.29) is 34.3 Å². The van der Waals surface area contributed by atoms with E-state index in [0.29, 0.717) is 11.1 Å². The fraction of sp³-hybridized carbons (Fsp3) is 0.0690. The Morgan fingerprint density at radius 3 is 1.44 bits per heavy atom. The van der Waals surface area contributed by atoms with E-state index in [1.807, 2.05) is 0 Å². The first-order chi connectivity index (χ1) is 18.5. The molecule has 0 aromatic heterocycles. The van der Waals surface area contributed by atoms with Crippen molar-refractivity contribution in [1.29, 1.82) is 0 Å². The number of rotatable bonds is 11. The Labute approximate surface area is 224 Å². The van der Waals surface area contributed by atoms with Crippen LogP contribution in [0.15, 0.2) is 92.6 Å². The van der Waals surface area contributed by atoms with Gasteiger partial charge in [-0.15, -0.1) is 0 Å². The van der Waals surface area contributed by atoms with Crippen LogP contribution in [0.25, 0.3) is 5.57 Å². The van der Waals surface area contributed by atoms with Gasteiger partial charge >= 0.3 is 29.8 Å². The van der Waals surface area contributed by atoms with E-state index >= 15 is 0 Å². The minimum atomic E-state index is -0.800. The van der Waals surface area contributed by atoms with E-state index in [1.54, 1.807) is 6.92 Å². The smallest absolute Gasteiger partial charge is 0.339 e. The van der Waals surface area contributed by atoms with Crippen molar-refractivity contribution in [2.24, 2.45) is 0 Å². The van der Waals surface area contributed by atoms with Crippen molar-refractivity contribution >= 4 is 35.4 Å². The maximum Gasteiger partial charge on any atom is 0.339 e. The first kappa shape index (κ1) is 29.7. The zero-order chi connectivity index (χ0) is 29.1. The summed E-state index contributed by atoms with van der Waals surface area (Å²) in [5, 5.41) is 0. The van der Waals surface area contributed by atoms with Crippen molar-refractivity contribution in [3.8, 4) is 28.7 Å². The van der Waals surface area contributed by atoms with Crippen molar-refractivity contribution < 1.29 is 47.7 Å². The summed E-state index contributed by atoms with van der Waals surface area (Å²) in [6.07, 6.45) is 3.72. The molecule has 0 spiro atoms. The molecule has 2 rings (SSSR count). The zero-order valence-corrected chi connectivity index (χ0v) is 21.2. The summed E-state index contributed by atoms with van der Waals surface area (Å²) in [6.45, 7) is 16.4. The standard InChI is InChI=1S/C29H24O10/c1-7-25(30)35-20-14-21(36-26(31)8-2)16-22(15-20)37-29(34)18(6)17(5)19-11-12-23(38-27(32)9-3)24(13-19)39-28(33)10-4/h7-16H,1-4H2,5-6H3/b18-17+. The first-order valence-electron chi connectivity index (χ1n) is 11.1. The van der Waals surface area contributed by atoms with Crippen LogP contribution in [-0.4, -0.2) is 29.8 Å². The van der Waals surface area contributed by atoms with Gasteiger partial charge in [0.05, 0.1) is 0 Å². The minimum absolute atomic E-state index is 0.0561. The normalized spacial score (nSPS) is 10.6. The topological polar surface area (TPSA) is 132 Å². The average molecular weight is 533 g/mol. The van der Waals surface area contributed by atoms with E-state index in [2.05, 4.69) is 26.3 Å². The van der Waals surface area contributed by atoms with Crippen molar-refractivity contribution in [3.05, 3.63) is 98.2 Å². The van der Waals surface area contributed by atoms with Crippen LogP contribution in [-0.2, 0) is 24.0 Å². The molecule has 200 valence electrons. The van der Waals surface area contributed by atoms with E-state index < -0.39 is 29.8 Å². The van der Waals surface area contributed by atoms with E-state index in [0.717, 1.165) is 24.3 Å². The lowest BCUT2D eigenvalue weighted by Crippen LogP contribution is -2.12. The highest BCUT2D eigenvalue weighted by molar-refractivity contribution is 5.98. The predicted molar refractivity (Wildman–Crippen MR) is 140 cm³/mol.